The fraction of sp³-hybridized carbons (Fsp3) is 0.500. The molecular formula is C20H20N2O4. The number of cyclic esters (lactones) is 1. The standard InChI is InChI=1S/C20H20N2O4/c23-18-16(8-15-3-1-2-4-17(15)22(24)25)21-19(26-18)20-9-12-5-13(10-20)7-14(6-12)11-20/h1-4,8,12-14H,5-7,9-11H2. The van der Waals surface area contributed by atoms with Gasteiger partial charge in [-0.15, -0.1) is 0 Å². The quantitative estimate of drug-likeness (QED) is 0.355. The fourth-order valence-corrected chi connectivity index (χ4v) is 5.93. The van der Waals surface area contributed by atoms with Crippen molar-refractivity contribution >= 4 is 23.6 Å². The van der Waals surface area contributed by atoms with Gasteiger partial charge in [0, 0.05) is 11.5 Å². The second-order valence-electron chi connectivity index (χ2n) is 8.35. The van der Waals surface area contributed by atoms with E-state index in [1.165, 1.54) is 31.4 Å². The maximum Gasteiger partial charge on any atom is 0.363 e. The smallest absolute Gasteiger partial charge is 0.363 e. The van der Waals surface area contributed by atoms with E-state index in [1.54, 1.807) is 18.2 Å². The van der Waals surface area contributed by atoms with Gasteiger partial charge in [-0.25, -0.2) is 9.79 Å². The number of ether oxygens (including phenoxy) is 1. The van der Waals surface area contributed by atoms with E-state index in [2.05, 4.69) is 4.99 Å². The van der Waals surface area contributed by atoms with E-state index in [4.69, 9.17) is 4.74 Å². The van der Waals surface area contributed by atoms with Crippen LogP contribution in [0.25, 0.3) is 6.08 Å². The molecular weight excluding hydrogens is 332 g/mol. The van der Waals surface area contributed by atoms with E-state index >= 15 is 0 Å². The number of para-hydroxylation sites is 1. The summed E-state index contributed by atoms with van der Waals surface area (Å²) in [7, 11) is 0. The molecule has 0 saturated heterocycles. The SMILES string of the molecule is O=C1OC(C23CC4CC(CC(C4)C2)C3)=NC1=Cc1ccccc1[N+](=O)[O-]. The first-order chi connectivity index (χ1) is 12.5. The van der Waals surface area contributed by atoms with Crippen molar-refractivity contribution in [2.75, 3.05) is 0 Å². The number of hydrogen-bond donors (Lipinski definition) is 0. The van der Waals surface area contributed by atoms with Crippen molar-refractivity contribution in [3.63, 3.8) is 0 Å². The molecule has 5 aliphatic rings. The molecule has 0 atom stereocenters. The number of esters is 1. The molecule has 0 amide bonds. The molecule has 0 aromatic heterocycles. The number of carbonyl (C=O) groups is 1. The molecule has 0 radical (unpaired) electrons. The van der Waals surface area contributed by atoms with E-state index in [0.717, 1.165) is 37.0 Å². The van der Waals surface area contributed by atoms with Gasteiger partial charge in [0.05, 0.1) is 10.5 Å². The Morgan fingerprint density at radius 2 is 1.73 bits per heavy atom. The van der Waals surface area contributed by atoms with E-state index in [-0.39, 0.29) is 16.8 Å². The van der Waals surface area contributed by atoms with Gasteiger partial charge in [-0.3, -0.25) is 10.1 Å². The van der Waals surface area contributed by atoms with Crippen molar-refractivity contribution in [3.8, 4) is 0 Å². The summed E-state index contributed by atoms with van der Waals surface area (Å²) in [5.74, 6) is 2.25. The number of benzene rings is 1. The molecule has 6 rings (SSSR count). The molecule has 1 heterocycles. The van der Waals surface area contributed by atoms with Crippen LogP contribution in [0.2, 0.25) is 0 Å². The van der Waals surface area contributed by atoms with Crippen molar-refractivity contribution in [2.24, 2.45) is 28.2 Å². The second kappa shape index (κ2) is 5.50. The van der Waals surface area contributed by atoms with Crippen LogP contribution in [0.5, 0.6) is 0 Å². The average molecular weight is 352 g/mol. The van der Waals surface area contributed by atoms with Crippen molar-refractivity contribution in [1.29, 1.82) is 0 Å². The molecule has 134 valence electrons. The van der Waals surface area contributed by atoms with E-state index in [0.29, 0.717) is 11.5 Å². The zero-order chi connectivity index (χ0) is 17.9. The zero-order valence-electron chi connectivity index (χ0n) is 14.4. The zero-order valence-corrected chi connectivity index (χ0v) is 14.4. The van der Waals surface area contributed by atoms with Gasteiger partial charge < -0.3 is 4.74 Å². The number of hydrogen-bond acceptors (Lipinski definition) is 5. The summed E-state index contributed by atoms with van der Waals surface area (Å²) in [6.45, 7) is 0. The number of nitro benzene ring substituents is 1. The minimum atomic E-state index is -0.492. The summed E-state index contributed by atoms with van der Waals surface area (Å²) in [5.41, 5.74) is 0.416. The molecule has 4 saturated carbocycles. The maximum atomic E-state index is 12.4. The third kappa shape index (κ3) is 2.39. The summed E-state index contributed by atoms with van der Waals surface area (Å²) in [4.78, 5) is 27.7. The predicted molar refractivity (Wildman–Crippen MR) is 95.2 cm³/mol. The lowest BCUT2D eigenvalue weighted by Gasteiger charge is -2.55. The molecule has 4 bridgehead atoms. The maximum absolute atomic E-state index is 12.4. The Hall–Kier alpha value is -2.50. The molecule has 1 aromatic rings. The van der Waals surface area contributed by atoms with Crippen LogP contribution in [-0.4, -0.2) is 16.8 Å². The Labute approximate surface area is 151 Å². The Balaban J connectivity index is 1.50. The average Bonchev–Trinajstić information content (AvgIpc) is 2.96. The van der Waals surface area contributed by atoms with Crippen molar-refractivity contribution in [1.82, 2.24) is 0 Å². The third-order valence-corrected chi connectivity index (χ3v) is 6.54. The van der Waals surface area contributed by atoms with Gasteiger partial charge >= 0.3 is 5.97 Å². The van der Waals surface area contributed by atoms with Gasteiger partial charge in [0.15, 0.2) is 5.70 Å². The topological polar surface area (TPSA) is 81.8 Å². The third-order valence-electron chi connectivity index (χ3n) is 6.54. The Kier molecular flexibility index (Phi) is 3.33. The fourth-order valence-electron chi connectivity index (χ4n) is 5.93. The molecule has 0 spiro atoms. The first-order valence-corrected chi connectivity index (χ1v) is 9.29. The van der Waals surface area contributed by atoms with Crippen molar-refractivity contribution in [2.45, 2.75) is 38.5 Å². The number of nitrogens with zero attached hydrogens (tertiary/aromatic N) is 2. The van der Waals surface area contributed by atoms with E-state index in [1.807, 2.05) is 0 Å². The molecule has 0 N–H and O–H groups in total. The molecule has 6 heteroatoms. The normalized spacial score (nSPS) is 36.3. The highest BCUT2D eigenvalue weighted by atomic mass is 16.6. The second-order valence-corrected chi connectivity index (χ2v) is 8.35. The van der Waals surface area contributed by atoms with Gasteiger partial charge in [0.25, 0.3) is 5.69 Å². The van der Waals surface area contributed by atoms with Crippen molar-refractivity contribution < 1.29 is 14.5 Å². The minimum Gasteiger partial charge on any atom is -0.406 e. The summed E-state index contributed by atoms with van der Waals surface area (Å²) in [6.07, 6.45) is 8.57. The first kappa shape index (κ1) is 15.7. The summed E-state index contributed by atoms with van der Waals surface area (Å²) >= 11 is 0. The van der Waals surface area contributed by atoms with Crippen LogP contribution in [0, 0.1) is 33.3 Å². The number of carbonyl (C=O) groups excluding carboxylic acids is 1. The Bertz CT molecular complexity index is 835. The molecule has 1 aromatic carbocycles. The van der Waals surface area contributed by atoms with Crippen LogP contribution in [-0.2, 0) is 9.53 Å². The van der Waals surface area contributed by atoms with Gasteiger partial charge in [-0.1, -0.05) is 12.1 Å². The number of rotatable bonds is 3. The lowest BCUT2D eigenvalue weighted by atomic mass is 9.49. The largest absolute Gasteiger partial charge is 0.406 e. The number of nitro groups is 1. The Morgan fingerprint density at radius 1 is 1.12 bits per heavy atom. The van der Waals surface area contributed by atoms with Crippen LogP contribution >= 0.6 is 0 Å². The van der Waals surface area contributed by atoms with E-state index < -0.39 is 10.9 Å². The molecule has 6 nitrogen and oxygen atoms in total. The molecule has 4 aliphatic carbocycles. The summed E-state index contributed by atoms with van der Waals surface area (Å²) in [6, 6.07) is 6.37. The summed E-state index contributed by atoms with van der Waals surface area (Å²) in [5, 5.41) is 11.2. The lowest BCUT2D eigenvalue weighted by molar-refractivity contribution is -0.385. The van der Waals surface area contributed by atoms with Crippen molar-refractivity contribution in [3.05, 3.63) is 45.6 Å². The highest BCUT2D eigenvalue weighted by Crippen LogP contribution is 2.61. The van der Waals surface area contributed by atoms with Crippen LogP contribution < -0.4 is 0 Å². The molecule has 4 fully saturated rings. The lowest BCUT2D eigenvalue weighted by Crippen LogP contribution is -2.50. The summed E-state index contributed by atoms with van der Waals surface area (Å²) < 4.78 is 5.60. The van der Waals surface area contributed by atoms with Gasteiger partial charge in [0.2, 0.25) is 5.90 Å². The van der Waals surface area contributed by atoms with Crippen LogP contribution in [0.15, 0.2) is 35.0 Å². The van der Waals surface area contributed by atoms with Crippen LogP contribution in [0.3, 0.4) is 0 Å². The van der Waals surface area contributed by atoms with Crippen LogP contribution in [0.4, 0.5) is 5.69 Å². The van der Waals surface area contributed by atoms with Crippen LogP contribution in [0.1, 0.15) is 44.1 Å². The Morgan fingerprint density at radius 3 is 2.35 bits per heavy atom. The van der Waals surface area contributed by atoms with Gasteiger partial charge in [-0.05, 0) is 68.4 Å². The van der Waals surface area contributed by atoms with Gasteiger partial charge in [-0.2, -0.15) is 0 Å². The highest BCUT2D eigenvalue weighted by molar-refractivity contribution is 6.09. The predicted octanol–water partition coefficient (Wildman–Crippen LogP) is 4.11. The minimum absolute atomic E-state index is 0.0359. The van der Waals surface area contributed by atoms with E-state index in [9.17, 15) is 14.9 Å². The molecule has 26 heavy (non-hydrogen) atoms. The highest BCUT2D eigenvalue weighted by Gasteiger charge is 2.55. The first-order valence-electron chi connectivity index (χ1n) is 9.29. The molecule has 1 aliphatic heterocycles. The monoisotopic (exact) mass is 352 g/mol. The van der Waals surface area contributed by atoms with Gasteiger partial charge in [0.1, 0.15) is 0 Å². The number of aliphatic imine (C=N–C) groups is 1. The molecule has 0 unspecified atom stereocenters.